The molecule has 0 saturated heterocycles. The van der Waals surface area contributed by atoms with Gasteiger partial charge in [0.15, 0.2) is 0 Å². The molecule has 1 saturated carbocycles. The molecule has 2 aromatic rings. The first-order valence-electron chi connectivity index (χ1n) is 6.90. The monoisotopic (exact) mass is 346 g/mol. The van der Waals surface area contributed by atoms with Crippen LogP contribution in [0.5, 0.6) is 0 Å². The van der Waals surface area contributed by atoms with Crippen LogP contribution in [-0.4, -0.2) is 16.1 Å². The minimum Gasteiger partial charge on any atom is -1.00 e. The van der Waals surface area contributed by atoms with E-state index in [1.54, 1.807) is 18.2 Å². The van der Waals surface area contributed by atoms with E-state index in [1.807, 2.05) is 24.6 Å². The van der Waals surface area contributed by atoms with Gasteiger partial charge < -0.3 is 17.0 Å². The molecular formula is C16H15BrN2O2. The molecule has 0 bridgehead atoms. The Morgan fingerprint density at radius 2 is 1.67 bits per heavy atom. The van der Waals surface area contributed by atoms with Gasteiger partial charge in [-0.1, -0.05) is 24.3 Å². The molecule has 0 amide bonds. The van der Waals surface area contributed by atoms with Gasteiger partial charge in [-0.3, -0.25) is 9.59 Å². The van der Waals surface area contributed by atoms with Crippen LogP contribution in [0.2, 0.25) is 0 Å². The van der Waals surface area contributed by atoms with Gasteiger partial charge in [-0.25, -0.2) is 9.13 Å². The zero-order valence-corrected chi connectivity index (χ0v) is 13.5. The Hall–Kier alpha value is -1.75. The fraction of sp³-hybridized carbons (Fsp3) is 0.312. The number of ketones is 2. The van der Waals surface area contributed by atoms with Gasteiger partial charge in [-0.2, -0.15) is 0 Å². The van der Waals surface area contributed by atoms with Gasteiger partial charge in [0.2, 0.25) is 23.0 Å². The third-order valence-electron chi connectivity index (χ3n) is 4.39. The van der Waals surface area contributed by atoms with Gasteiger partial charge in [0.1, 0.15) is 6.04 Å². The number of fused-ring (bicyclic) bond motifs is 2. The maximum Gasteiger partial charge on any atom is 0.254 e. The molecule has 5 heteroatoms. The van der Waals surface area contributed by atoms with Crippen LogP contribution in [0.25, 0.3) is 0 Å². The van der Waals surface area contributed by atoms with Crippen molar-refractivity contribution in [1.29, 1.82) is 0 Å². The molecule has 1 aromatic heterocycles. The smallest absolute Gasteiger partial charge is 0.254 e. The van der Waals surface area contributed by atoms with E-state index in [-0.39, 0.29) is 28.5 Å². The van der Waals surface area contributed by atoms with Crippen LogP contribution < -0.4 is 21.5 Å². The molecule has 0 atom stereocenters. The zero-order chi connectivity index (χ0) is 14.0. The summed E-state index contributed by atoms with van der Waals surface area (Å²) in [5, 5.41) is 0. The molecule has 21 heavy (non-hydrogen) atoms. The Labute approximate surface area is 133 Å². The van der Waals surface area contributed by atoms with Gasteiger partial charge in [0.25, 0.3) is 5.82 Å². The molecular weight excluding hydrogens is 332 g/mol. The molecule has 0 aliphatic heterocycles. The molecule has 0 N–H and O–H groups in total. The predicted molar refractivity (Wildman–Crippen MR) is 71.9 cm³/mol. The summed E-state index contributed by atoms with van der Waals surface area (Å²) >= 11 is 0. The molecule has 0 spiro atoms. The normalized spacial score (nSPS) is 16.3. The van der Waals surface area contributed by atoms with Crippen LogP contribution in [0.3, 0.4) is 0 Å². The molecule has 0 unspecified atom stereocenters. The number of hydrogen-bond donors (Lipinski definition) is 0. The predicted octanol–water partition coefficient (Wildman–Crippen LogP) is -1.26. The number of hydrogen-bond acceptors (Lipinski definition) is 2. The minimum absolute atomic E-state index is 0. The van der Waals surface area contributed by atoms with E-state index >= 15 is 0 Å². The fourth-order valence-corrected chi connectivity index (χ4v) is 3.15. The number of halogens is 1. The summed E-state index contributed by atoms with van der Waals surface area (Å²) in [7, 11) is 1.87. The maximum absolute atomic E-state index is 12.8. The quantitative estimate of drug-likeness (QED) is 0.516. The highest BCUT2D eigenvalue weighted by molar-refractivity contribution is 6.26. The summed E-state index contributed by atoms with van der Waals surface area (Å²) in [6.07, 6.45) is 2.18. The Morgan fingerprint density at radius 1 is 1.10 bits per heavy atom. The molecule has 4 rings (SSSR count). The molecule has 1 fully saturated rings. The largest absolute Gasteiger partial charge is 1.00 e. The first kappa shape index (κ1) is 14.2. The lowest BCUT2D eigenvalue weighted by atomic mass is 9.90. The number of aromatic nitrogens is 2. The fourth-order valence-electron chi connectivity index (χ4n) is 3.15. The Kier molecular flexibility index (Phi) is 3.13. The van der Waals surface area contributed by atoms with Gasteiger partial charge in [0, 0.05) is 18.1 Å². The van der Waals surface area contributed by atoms with Crippen molar-refractivity contribution < 1.29 is 31.1 Å². The SMILES string of the molecule is Cc1n(C2CC2)c2c([n+]1C)C(=O)c1ccccc1C2=O.[Br-]. The standard InChI is InChI=1S/C16H15N2O2.BrH/c1-9-17(2)13-14(18(9)10-7-8-10)16(20)12-6-4-3-5-11(12)15(13)19;/h3-6,10H,7-8H2,1-2H3;1H/q+1;/p-1. The van der Waals surface area contributed by atoms with Gasteiger partial charge in [-0.15, -0.1) is 0 Å². The lowest BCUT2D eigenvalue weighted by Crippen LogP contribution is -3.00. The number of carbonyl (C=O) groups excluding carboxylic acids is 2. The number of imidazole rings is 1. The Bertz CT molecular complexity index is 788. The van der Waals surface area contributed by atoms with E-state index in [0.717, 1.165) is 18.7 Å². The Morgan fingerprint density at radius 3 is 2.24 bits per heavy atom. The van der Waals surface area contributed by atoms with Crippen LogP contribution in [0.4, 0.5) is 0 Å². The number of rotatable bonds is 1. The molecule has 0 radical (unpaired) electrons. The summed E-state index contributed by atoms with van der Waals surface area (Å²) in [6.45, 7) is 1.97. The third kappa shape index (κ3) is 1.77. The third-order valence-corrected chi connectivity index (χ3v) is 4.39. The summed E-state index contributed by atoms with van der Waals surface area (Å²) in [5.41, 5.74) is 2.17. The Balaban J connectivity index is 0.00000132. The van der Waals surface area contributed by atoms with Crippen molar-refractivity contribution >= 4 is 11.6 Å². The van der Waals surface area contributed by atoms with Crippen LogP contribution in [0.15, 0.2) is 24.3 Å². The maximum atomic E-state index is 12.8. The van der Waals surface area contributed by atoms with Crippen LogP contribution in [0.1, 0.15) is 56.8 Å². The highest BCUT2D eigenvalue weighted by Gasteiger charge is 2.46. The summed E-state index contributed by atoms with van der Waals surface area (Å²) < 4.78 is 3.93. The van der Waals surface area contributed by atoms with Crippen molar-refractivity contribution in [3.8, 4) is 0 Å². The van der Waals surface area contributed by atoms with Crippen molar-refractivity contribution in [3.63, 3.8) is 0 Å². The highest BCUT2D eigenvalue weighted by Crippen LogP contribution is 2.39. The van der Waals surface area contributed by atoms with Crippen LogP contribution in [-0.2, 0) is 7.05 Å². The molecule has 108 valence electrons. The first-order chi connectivity index (χ1) is 9.61. The second-order valence-corrected chi connectivity index (χ2v) is 5.61. The van der Waals surface area contributed by atoms with E-state index in [0.29, 0.717) is 28.6 Å². The van der Waals surface area contributed by atoms with Gasteiger partial charge in [-0.05, 0) is 12.8 Å². The van der Waals surface area contributed by atoms with Gasteiger partial charge in [0.05, 0.1) is 7.05 Å². The van der Waals surface area contributed by atoms with E-state index in [9.17, 15) is 9.59 Å². The van der Waals surface area contributed by atoms with Crippen molar-refractivity contribution in [3.05, 3.63) is 52.6 Å². The zero-order valence-electron chi connectivity index (χ0n) is 11.9. The van der Waals surface area contributed by atoms with E-state index in [2.05, 4.69) is 4.57 Å². The summed E-state index contributed by atoms with van der Waals surface area (Å²) in [6, 6.07) is 7.49. The molecule has 1 heterocycles. The lowest BCUT2D eigenvalue weighted by Gasteiger charge is -2.12. The van der Waals surface area contributed by atoms with Crippen LogP contribution >= 0.6 is 0 Å². The molecule has 2 aliphatic rings. The van der Waals surface area contributed by atoms with Gasteiger partial charge >= 0.3 is 0 Å². The van der Waals surface area contributed by atoms with Crippen molar-refractivity contribution in [1.82, 2.24) is 4.57 Å². The number of carbonyl (C=O) groups is 2. The second-order valence-electron chi connectivity index (χ2n) is 5.61. The topological polar surface area (TPSA) is 43.0 Å². The van der Waals surface area contributed by atoms with Crippen LogP contribution in [0, 0.1) is 6.92 Å². The summed E-state index contributed by atoms with van der Waals surface area (Å²) in [5.74, 6) is 0.915. The number of benzene rings is 1. The van der Waals surface area contributed by atoms with Crippen molar-refractivity contribution in [2.45, 2.75) is 25.8 Å². The minimum atomic E-state index is -0.0415. The van der Waals surface area contributed by atoms with E-state index in [4.69, 9.17) is 0 Å². The molecule has 1 aromatic carbocycles. The van der Waals surface area contributed by atoms with E-state index < -0.39 is 0 Å². The second kappa shape index (κ2) is 4.63. The average Bonchev–Trinajstić information content (AvgIpc) is 3.25. The molecule has 2 aliphatic carbocycles. The van der Waals surface area contributed by atoms with Crippen molar-refractivity contribution in [2.75, 3.05) is 0 Å². The summed E-state index contributed by atoms with van der Waals surface area (Å²) in [4.78, 5) is 25.5. The lowest BCUT2D eigenvalue weighted by molar-refractivity contribution is -0.679. The van der Waals surface area contributed by atoms with Crippen molar-refractivity contribution in [2.24, 2.45) is 7.05 Å². The number of nitrogens with zero attached hydrogens (tertiary/aromatic N) is 2. The first-order valence-corrected chi connectivity index (χ1v) is 6.90. The average molecular weight is 347 g/mol. The highest BCUT2D eigenvalue weighted by atomic mass is 79.9. The molecule has 4 nitrogen and oxygen atoms in total. The van der Waals surface area contributed by atoms with E-state index in [1.165, 1.54) is 0 Å².